The van der Waals surface area contributed by atoms with Gasteiger partial charge < -0.3 is 15.4 Å². The number of aliphatic hydroxyl groups excluding tert-OH is 1. The Labute approximate surface area is 96.1 Å². The second kappa shape index (κ2) is 5.27. The molecule has 0 aliphatic heterocycles. The highest BCUT2D eigenvalue weighted by Crippen LogP contribution is 2.16. The van der Waals surface area contributed by atoms with Crippen LogP contribution in [-0.2, 0) is 0 Å². The number of anilines is 1. The zero-order valence-electron chi connectivity index (χ0n) is 8.62. The first-order valence-electron chi connectivity index (χ1n) is 4.66. The van der Waals surface area contributed by atoms with E-state index in [1.807, 2.05) is 13.8 Å². The monoisotopic (exact) mass is 275 g/mol. The molecule has 1 heterocycles. The first-order chi connectivity index (χ1) is 7.06. The second-order valence-electron chi connectivity index (χ2n) is 3.57. The van der Waals surface area contributed by atoms with Crippen molar-refractivity contribution in [1.29, 1.82) is 0 Å². The van der Waals surface area contributed by atoms with Crippen LogP contribution in [0.2, 0.25) is 0 Å². The number of nitrogens with zero attached hydrogens (tertiary/aromatic N) is 1. The van der Waals surface area contributed by atoms with Gasteiger partial charge in [-0.2, -0.15) is 0 Å². The average molecular weight is 276 g/mol. The molecule has 0 aromatic carbocycles. The molecule has 0 saturated heterocycles. The van der Waals surface area contributed by atoms with E-state index in [0.29, 0.717) is 10.3 Å². The van der Waals surface area contributed by atoms with Gasteiger partial charge in [0.1, 0.15) is 10.3 Å². The van der Waals surface area contributed by atoms with Crippen molar-refractivity contribution in [3.8, 4) is 0 Å². The number of halogens is 1. The number of hydrogen-bond donors (Lipinski definition) is 3. The lowest BCUT2D eigenvalue weighted by atomic mass is 10.1. The van der Waals surface area contributed by atoms with Crippen molar-refractivity contribution in [2.45, 2.75) is 19.9 Å². The minimum atomic E-state index is -0.243. The third-order valence-corrected chi connectivity index (χ3v) is 2.86. The Morgan fingerprint density at radius 3 is 2.87 bits per heavy atom. The molecular formula is C9H14BrN3O2. The van der Waals surface area contributed by atoms with Gasteiger partial charge >= 0.3 is 0 Å². The molecule has 0 aliphatic rings. The highest BCUT2D eigenvalue weighted by atomic mass is 79.9. The molecule has 1 aromatic heterocycles. The number of nitrogens with one attached hydrogen (secondary N) is 2. The van der Waals surface area contributed by atoms with Crippen LogP contribution in [0, 0.1) is 5.92 Å². The van der Waals surface area contributed by atoms with Gasteiger partial charge in [0, 0.05) is 0 Å². The van der Waals surface area contributed by atoms with Crippen LogP contribution in [0.5, 0.6) is 0 Å². The van der Waals surface area contributed by atoms with E-state index in [-0.39, 0.29) is 24.1 Å². The fraction of sp³-hybridized carbons (Fsp3) is 0.556. The van der Waals surface area contributed by atoms with Crippen molar-refractivity contribution in [3.05, 3.63) is 21.2 Å². The highest BCUT2D eigenvalue weighted by molar-refractivity contribution is 9.10. The van der Waals surface area contributed by atoms with Gasteiger partial charge in [0.05, 0.1) is 19.0 Å². The lowest BCUT2D eigenvalue weighted by Gasteiger charge is -2.20. The summed E-state index contributed by atoms with van der Waals surface area (Å²) in [5.74, 6) is 0.703. The summed E-state index contributed by atoms with van der Waals surface area (Å²) in [4.78, 5) is 17.7. The van der Waals surface area contributed by atoms with Crippen molar-refractivity contribution in [2.24, 2.45) is 5.92 Å². The first kappa shape index (κ1) is 12.2. The molecule has 0 spiro atoms. The van der Waals surface area contributed by atoms with Gasteiger partial charge in [0.25, 0.3) is 5.56 Å². The summed E-state index contributed by atoms with van der Waals surface area (Å²) in [5.41, 5.74) is -0.243. The standard InChI is InChI=1S/C9H14BrN3O2/c1-5(2)6(3-14)13-8-7(10)9(15)12-4-11-8/h4-6,14H,3H2,1-2H3,(H2,11,12,13,15). The summed E-state index contributed by atoms with van der Waals surface area (Å²) in [7, 11) is 0. The Morgan fingerprint density at radius 2 is 2.33 bits per heavy atom. The van der Waals surface area contributed by atoms with Crippen LogP contribution >= 0.6 is 15.9 Å². The maximum Gasteiger partial charge on any atom is 0.267 e. The van der Waals surface area contributed by atoms with Gasteiger partial charge in [-0.25, -0.2) is 4.98 Å². The second-order valence-corrected chi connectivity index (χ2v) is 4.36. The molecule has 0 saturated carbocycles. The quantitative estimate of drug-likeness (QED) is 0.765. The molecule has 15 heavy (non-hydrogen) atoms. The number of aromatic amines is 1. The lowest BCUT2D eigenvalue weighted by molar-refractivity contribution is 0.249. The Balaban J connectivity index is 2.88. The van der Waals surface area contributed by atoms with E-state index in [4.69, 9.17) is 5.11 Å². The van der Waals surface area contributed by atoms with E-state index in [0.717, 1.165) is 0 Å². The largest absolute Gasteiger partial charge is 0.394 e. The van der Waals surface area contributed by atoms with Crippen LogP contribution in [0.4, 0.5) is 5.82 Å². The normalized spacial score (nSPS) is 12.9. The van der Waals surface area contributed by atoms with Gasteiger partial charge in [0.2, 0.25) is 0 Å². The highest BCUT2D eigenvalue weighted by Gasteiger charge is 2.14. The van der Waals surface area contributed by atoms with E-state index < -0.39 is 0 Å². The minimum absolute atomic E-state index is 0.00140. The zero-order chi connectivity index (χ0) is 11.4. The van der Waals surface area contributed by atoms with Crippen molar-refractivity contribution in [3.63, 3.8) is 0 Å². The Morgan fingerprint density at radius 1 is 1.67 bits per heavy atom. The van der Waals surface area contributed by atoms with Crippen molar-refractivity contribution >= 4 is 21.7 Å². The summed E-state index contributed by atoms with van der Waals surface area (Å²) in [6, 6.07) is -0.115. The number of H-pyrrole nitrogens is 1. The number of hydrogen-bond acceptors (Lipinski definition) is 4. The van der Waals surface area contributed by atoms with Crippen LogP contribution in [0.15, 0.2) is 15.6 Å². The fourth-order valence-corrected chi connectivity index (χ4v) is 1.41. The fourth-order valence-electron chi connectivity index (χ4n) is 1.08. The van der Waals surface area contributed by atoms with Crippen molar-refractivity contribution < 1.29 is 5.11 Å². The van der Waals surface area contributed by atoms with Crippen LogP contribution in [0.25, 0.3) is 0 Å². The summed E-state index contributed by atoms with van der Waals surface area (Å²) in [5, 5.41) is 12.1. The number of aliphatic hydroxyl groups is 1. The van der Waals surface area contributed by atoms with E-state index in [2.05, 4.69) is 31.2 Å². The van der Waals surface area contributed by atoms with Crippen molar-refractivity contribution in [2.75, 3.05) is 11.9 Å². The molecule has 0 radical (unpaired) electrons. The lowest BCUT2D eigenvalue weighted by Crippen LogP contribution is -2.30. The van der Waals surface area contributed by atoms with Crippen LogP contribution in [0.1, 0.15) is 13.8 Å². The van der Waals surface area contributed by atoms with Crippen LogP contribution in [0.3, 0.4) is 0 Å². The SMILES string of the molecule is CC(C)C(CO)Nc1nc[nH]c(=O)c1Br. The van der Waals surface area contributed by atoms with Crippen molar-refractivity contribution in [1.82, 2.24) is 9.97 Å². The third kappa shape index (κ3) is 3.04. The maximum absolute atomic E-state index is 11.2. The maximum atomic E-state index is 11.2. The molecule has 5 nitrogen and oxygen atoms in total. The van der Waals surface area contributed by atoms with E-state index in [9.17, 15) is 4.79 Å². The van der Waals surface area contributed by atoms with E-state index in [1.165, 1.54) is 6.33 Å². The molecule has 1 atom stereocenters. The number of aromatic nitrogens is 2. The predicted molar refractivity (Wildman–Crippen MR) is 61.9 cm³/mol. The zero-order valence-corrected chi connectivity index (χ0v) is 10.2. The molecule has 1 rings (SSSR count). The molecule has 0 bridgehead atoms. The molecule has 1 aromatic rings. The van der Waals surface area contributed by atoms with E-state index >= 15 is 0 Å². The van der Waals surface area contributed by atoms with Gasteiger partial charge in [-0.05, 0) is 21.8 Å². The minimum Gasteiger partial charge on any atom is -0.394 e. The summed E-state index contributed by atoms with van der Waals surface area (Å²) >= 11 is 3.14. The first-order valence-corrected chi connectivity index (χ1v) is 5.46. The molecule has 6 heteroatoms. The molecule has 3 N–H and O–H groups in total. The molecule has 84 valence electrons. The molecule has 1 unspecified atom stereocenters. The van der Waals surface area contributed by atoms with Gasteiger partial charge in [-0.3, -0.25) is 4.79 Å². The third-order valence-electron chi connectivity index (χ3n) is 2.12. The molecule has 0 aliphatic carbocycles. The topological polar surface area (TPSA) is 78.0 Å². The van der Waals surface area contributed by atoms with E-state index in [1.54, 1.807) is 0 Å². The average Bonchev–Trinajstić information content (AvgIpc) is 2.19. The Bertz CT molecular complexity index is 378. The smallest absolute Gasteiger partial charge is 0.267 e. The van der Waals surface area contributed by atoms with Gasteiger partial charge in [-0.15, -0.1) is 0 Å². The Hall–Kier alpha value is -0.880. The van der Waals surface area contributed by atoms with Crippen LogP contribution < -0.4 is 10.9 Å². The summed E-state index contributed by atoms with van der Waals surface area (Å²) in [6.45, 7) is 3.96. The van der Waals surface area contributed by atoms with Gasteiger partial charge in [-0.1, -0.05) is 13.8 Å². The summed E-state index contributed by atoms with van der Waals surface area (Å²) in [6.07, 6.45) is 1.32. The molecule has 0 fully saturated rings. The predicted octanol–water partition coefficient (Wildman–Crippen LogP) is 0.961. The number of rotatable bonds is 4. The molecular weight excluding hydrogens is 262 g/mol. The molecule has 0 amide bonds. The van der Waals surface area contributed by atoms with Crippen LogP contribution in [-0.4, -0.2) is 27.7 Å². The Kier molecular flexibility index (Phi) is 4.28. The van der Waals surface area contributed by atoms with Gasteiger partial charge in [0.15, 0.2) is 0 Å². The summed E-state index contributed by atoms with van der Waals surface area (Å²) < 4.78 is 0.351.